The van der Waals surface area contributed by atoms with E-state index in [-0.39, 0.29) is 12.4 Å². The summed E-state index contributed by atoms with van der Waals surface area (Å²) in [6.45, 7) is 8.31. The van der Waals surface area contributed by atoms with E-state index in [1.54, 1.807) is 0 Å². The van der Waals surface area contributed by atoms with Gasteiger partial charge in [0.1, 0.15) is 0 Å². The van der Waals surface area contributed by atoms with Gasteiger partial charge in [-0.1, -0.05) is 149 Å². The van der Waals surface area contributed by atoms with Gasteiger partial charge < -0.3 is 4.90 Å². The molecule has 0 N–H and O–H groups in total. The third-order valence-electron chi connectivity index (χ3n) is 7.46. The van der Waals surface area contributed by atoms with E-state index in [9.17, 15) is 0 Å². The maximum Gasteiger partial charge on any atom is -0.00190 e. The number of nitrogens with zero attached hydrogens (tertiary/aromatic N) is 1. The predicted molar refractivity (Wildman–Crippen MR) is 140 cm³/mol. The summed E-state index contributed by atoms with van der Waals surface area (Å²) in [5, 5.41) is 0. The first-order valence-electron chi connectivity index (χ1n) is 14.1. The van der Waals surface area contributed by atoms with Crippen LogP contribution in [0.2, 0.25) is 0 Å². The molecular formula is C28H58ClN. The van der Waals surface area contributed by atoms with Gasteiger partial charge in [-0.2, -0.15) is 0 Å². The molecular weight excluding hydrogens is 386 g/mol. The molecule has 1 aliphatic carbocycles. The normalized spacial score (nSPS) is 14.9. The first-order valence-corrected chi connectivity index (χ1v) is 14.1. The highest BCUT2D eigenvalue weighted by atomic mass is 35.5. The van der Waals surface area contributed by atoms with Crippen LogP contribution in [0.25, 0.3) is 0 Å². The van der Waals surface area contributed by atoms with Gasteiger partial charge in [-0.25, -0.2) is 0 Å². The van der Waals surface area contributed by atoms with Crippen molar-refractivity contribution in [1.82, 2.24) is 4.90 Å². The molecule has 1 fully saturated rings. The average molecular weight is 444 g/mol. The fourth-order valence-corrected chi connectivity index (χ4v) is 5.26. The molecule has 2 heteroatoms. The van der Waals surface area contributed by atoms with E-state index < -0.39 is 0 Å². The Kier molecular flexibility index (Phi) is 24.1. The Morgan fingerprint density at radius 3 is 1.27 bits per heavy atom. The summed E-state index contributed by atoms with van der Waals surface area (Å²) >= 11 is 0. The van der Waals surface area contributed by atoms with Crippen molar-refractivity contribution in [2.75, 3.05) is 19.6 Å². The van der Waals surface area contributed by atoms with Crippen LogP contribution in [-0.4, -0.2) is 24.5 Å². The highest BCUT2D eigenvalue weighted by Crippen LogP contribution is 2.28. The highest BCUT2D eigenvalue weighted by Gasteiger charge is 2.12. The lowest BCUT2D eigenvalue weighted by molar-refractivity contribution is 0.295. The van der Waals surface area contributed by atoms with Crippen LogP contribution < -0.4 is 0 Å². The van der Waals surface area contributed by atoms with Gasteiger partial charge in [0.15, 0.2) is 0 Å². The van der Waals surface area contributed by atoms with Gasteiger partial charge in [-0.05, 0) is 32.0 Å². The minimum Gasteiger partial charge on any atom is -0.304 e. The van der Waals surface area contributed by atoms with E-state index in [0.717, 1.165) is 5.92 Å². The van der Waals surface area contributed by atoms with Crippen LogP contribution in [0.4, 0.5) is 0 Å². The Morgan fingerprint density at radius 1 is 0.500 bits per heavy atom. The molecule has 0 aromatic heterocycles. The van der Waals surface area contributed by atoms with E-state index in [0.29, 0.717) is 0 Å². The zero-order chi connectivity index (χ0) is 20.8. The third-order valence-corrected chi connectivity index (χ3v) is 7.46. The van der Waals surface area contributed by atoms with Crippen LogP contribution in [0.3, 0.4) is 0 Å². The lowest BCUT2D eigenvalue weighted by Gasteiger charge is -2.21. The Labute approximate surface area is 197 Å². The fourth-order valence-electron chi connectivity index (χ4n) is 5.26. The zero-order valence-electron chi connectivity index (χ0n) is 21.1. The van der Waals surface area contributed by atoms with Crippen LogP contribution >= 0.6 is 12.4 Å². The van der Waals surface area contributed by atoms with Crippen molar-refractivity contribution in [3.63, 3.8) is 0 Å². The van der Waals surface area contributed by atoms with Gasteiger partial charge in [-0.3, -0.25) is 0 Å². The van der Waals surface area contributed by atoms with Gasteiger partial charge in [0.2, 0.25) is 0 Å². The second-order valence-electron chi connectivity index (χ2n) is 9.98. The molecule has 0 spiro atoms. The van der Waals surface area contributed by atoms with Gasteiger partial charge >= 0.3 is 0 Å². The summed E-state index contributed by atoms with van der Waals surface area (Å²) in [6, 6.07) is 0. The standard InChI is InChI=1S/C28H57N.ClH/c1-3-29(4-2)27-23-18-16-14-12-10-8-6-5-7-9-11-13-15-17-20-24-28-25-21-19-22-26-28;/h28H,3-27H2,1-2H3;1H. The Hall–Kier alpha value is 0.250. The van der Waals surface area contributed by atoms with Crippen molar-refractivity contribution < 1.29 is 0 Å². The van der Waals surface area contributed by atoms with Crippen molar-refractivity contribution in [2.45, 2.75) is 155 Å². The summed E-state index contributed by atoms with van der Waals surface area (Å²) in [7, 11) is 0. The highest BCUT2D eigenvalue weighted by molar-refractivity contribution is 5.85. The number of halogens is 1. The van der Waals surface area contributed by atoms with Crippen molar-refractivity contribution >= 4 is 12.4 Å². The summed E-state index contributed by atoms with van der Waals surface area (Å²) in [6.07, 6.45) is 32.9. The van der Waals surface area contributed by atoms with Crippen LogP contribution in [-0.2, 0) is 0 Å². The van der Waals surface area contributed by atoms with E-state index in [1.807, 2.05) is 0 Å². The molecule has 1 aliphatic rings. The number of unbranched alkanes of at least 4 members (excludes halogenated alkanes) is 15. The fraction of sp³-hybridized carbons (Fsp3) is 1.00. The molecule has 0 aromatic rings. The largest absolute Gasteiger partial charge is 0.304 e. The molecule has 0 atom stereocenters. The third kappa shape index (κ3) is 19.0. The first kappa shape index (κ1) is 30.2. The monoisotopic (exact) mass is 443 g/mol. The quantitative estimate of drug-likeness (QED) is 0.159. The molecule has 182 valence electrons. The van der Waals surface area contributed by atoms with Gasteiger partial charge in [0.25, 0.3) is 0 Å². The average Bonchev–Trinajstić information content (AvgIpc) is 2.76. The minimum atomic E-state index is 0. The number of hydrogen-bond donors (Lipinski definition) is 0. The van der Waals surface area contributed by atoms with Crippen LogP contribution in [0.5, 0.6) is 0 Å². The molecule has 0 radical (unpaired) electrons. The molecule has 1 nitrogen and oxygen atoms in total. The molecule has 0 saturated heterocycles. The van der Waals surface area contributed by atoms with Crippen molar-refractivity contribution in [1.29, 1.82) is 0 Å². The topological polar surface area (TPSA) is 3.24 Å². The summed E-state index contributed by atoms with van der Waals surface area (Å²) in [5.41, 5.74) is 0. The Balaban J connectivity index is 0.00000841. The molecule has 1 saturated carbocycles. The molecule has 0 aromatic carbocycles. The van der Waals surface area contributed by atoms with Crippen molar-refractivity contribution in [2.24, 2.45) is 5.92 Å². The van der Waals surface area contributed by atoms with E-state index >= 15 is 0 Å². The minimum absolute atomic E-state index is 0. The number of hydrogen-bond acceptors (Lipinski definition) is 1. The number of rotatable bonds is 21. The maximum absolute atomic E-state index is 2.55. The molecule has 0 unspecified atom stereocenters. The zero-order valence-corrected chi connectivity index (χ0v) is 21.9. The SMILES string of the molecule is CCN(CC)CCCCCCCCCCCCCCCCCCC1CCCCC1.Cl. The maximum atomic E-state index is 2.55. The smallest absolute Gasteiger partial charge is 0.00190 e. The van der Waals surface area contributed by atoms with Crippen LogP contribution in [0.1, 0.15) is 155 Å². The Morgan fingerprint density at radius 2 is 0.867 bits per heavy atom. The van der Waals surface area contributed by atoms with Crippen LogP contribution in [0, 0.1) is 5.92 Å². The first-order chi connectivity index (χ1) is 14.4. The van der Waals surface area contributed by atoms with Gasteiger partial charge in [0.05, 0.1) is 0 Å². The molecule has 0 bridgehead atoms. The van der Waals surface area contributed by atoms with Crippen molar-refractivity contribution in [3.8, 4) is 0 Å². The lowest BCUT2D eigenvalue weighted by Crippen LogP contribution is -2.23. The molecule has 0 heterocycles. The Bertz CT molecular complexity index is 310. The summed E-state index contributed by atoms with van der Waals surface area (Å²) in [5.74, 6) is 1.10. The van der Waals surface area contributed by atoms with Crippen molar-refractivity contribution in [3.05, 3.63) is 0 Å². The molecule has 30 heavy (non-hydrogen) atoms. The second kappa shape index (κ2) is 23.9. The van der Waals surface area contributed by atoms with Crippen LogP contribution in [0.15, 0.2) is 0 Å². The summed E-state index contributed by atoms with van der Waals surface area (Å²) in [4.78, 5) is 2.55. The van der Waals surface area contributed by atoms with Gasteiger partial charge in [-0.15, -0.1) is 12.4 Å². The molecule has 0 amide bonds. The van der Waals surface area contributed by atoms with E-state index in [4.69, 9.17) is 0 Å². The van der Waals surface area contributed by atoms with E-state index in [2.05, 4.69) is 18.7 Å². The molecule has 0 aliphatic heterocycles. The van der Waals surface area contributed by atoms with Gasteiger partial charge in [0, 0.05) is 0 Å². The van der Waals surface area contributed by atoms with E-state index in [1.165, 1.54) is 161 Å². The lowest BCUT2D eigenvalue weighted by atomic mass is 9.85. The second-order valence-corrected chi connectivity index (χ2v) is 9.98. The summed E-state index contributed by atoms with van der Waals surface area (Å²) < 4.78 is 0. The molecule has 1 rings (SSSR count). The predicted octanol–water partition coefficient (Wildman–Crippen LogP) is 9.96.